The van der Waals surface area contributed by atoms with Crippen molar-refractivity contribution in [3.63, 3.8) is 0 Å². The summed E-state index contributed by atoms with van der Waals surface area (Å²) in [5.74, 6) is 0.321. The van der Waals surface area contributed by atoms with Crippen LogP contribution in [0.25, 0.3) is 0 Å². The first-order chi connectivity index (χ1) is 7.59. The Bertz CT molecular complexity index is 379. The molecular weight excluding hydrogens is 245 g/mol. The number of hydrogen-bond acceptors (Lipinski definition) is 2. The minimum atomic E-state index is -0.507. The first kappa shape index (κ1) is 12.2. The summed E-state index contributed by atoms with van der Waals surface area (Å²) in [4.78, 5) is 0. The molecule has 0 spiro atoms. The molecule has 2 nitrogen and oxygen atoms in total. The Kier molecular flexibility index (Phi) is 3.75. The van der Waals surface area contributed by atoms with Gasteiger partial charge < -0.3 is 10.8 Å². The number of halogens is 2. The van der Waals surface area contributed by atoms with Crippen molar-refractivity contribution in [2.75, 3.05) is 0 Å². The van der Waals surface area contributed by atoms with E-state index in [4.69, 9.17) is 28.9 Å². The molecule has 16 heavy (non-hydrogen) atoms. The molecule has 88 valence electrons. The second-order valence-corrected chi connectivity index (χ2v) is 5.22. The molecule has 0 unspecified atom stereocenters. The zero-order chi connectivity index (χ0) is 11.7. The molecule has 0 aromatic heterocycles. The van der Waals surface area contributed by atoms with E-state index in [0.717, 1.165) is 18.4 Å². The van der Waals surface area contributed by atoms with Gasteiger partial charge in [0.25, 0.3) is 0 Å². The number of benzene rings is 1. The lowest BCUT2D eigenvalue weighted by atomic mass is 9.77. The molecule has 2 atom stereocenters. The van der Waals surface area contributed by atoms with Crippen LogP contribution >= 0.6 is 23.2 Å². The predicted molar refractivity (Wildman–Crippen MR) is 66.7 cm³/mol. The van der Waals surface area contributed by atoms with Crippen LogP contribution in [0.1, 0.15) is 30.9 Å². The highest BCUT2D eigenvalue weighted by atomic mass is 35.5. The topological polar surface area (TPSA) is 46.2 Å². The molecule has 0 aliphatic heterocycles. The summed E-state index contributed by atoms with van der Waals surface area (Å²) in [5, 5.41) is 11.2. The summed E-state index contributed by atoms with van der Waals surface area (Å²) >= 11 is 11.9. The standard InChI is InChI=1S/C12H15Cl2NO/c13-8-4-5-9(10(14)6-8)11(15)12(16)7-2-1-3-7/h4-7,11-12,16H,1-3,15H2/t11-,12+/m0/s1. The first-order valence-corrected chi connectivity index (χ1v) is 6.24. The van der Waals surface area contributed by atoms with Crippen molar-refractivity contribution in [1.82, 2.24) is 0 Å². The summed E-state index contributed by atoms with van der Waals surface area (Å²) in [5.41, 5.74) is 6.79. The van der Waals surface area contributed by atoms with Crippen LogP contribution in [0.4, 0.5) is 0 Å². The quantitative estimate of drug-likeness (QED) is 0.876. The van der Waals surface area contributed by atoms with Gasteiger partial charge in [-0.2, -0.15) is 0 Å². The van der Waals surface area contributed by atoms with Gasteiger partial charge in [-0.05, 0) is 36.5 Å². The lowest BCUT2D eigenvalue weighted by Gasteiger charge is -2.34. The number of aliphatic hydroxyl groups is 1. The van der Waals surface area contributed by atoms with E-state index in [1.54, 1.807) is 18.2 Å². The van der Waals surface area contributed by atoms with E-state index in [0.29, 0.717) is 16.0 Å². The highest BCUT2D eigenvalue weighted by Gasteiger charge is 2.31. The molecule has 0 amide bonds. The Morgan fingerprint density at radius 3 is 2.50 bits per heavy atom. The average Bonchev–Trinajstić information content (AvgIpc) is 2.14. The molecule has 4 heteroatoms. The van der Waals surface area contributed by atoms with Gasteiger partial charge in [-0.3, -0.25) is 0 Å². The van der Waals surface area contributed by atoms with Gasteiger partial charge in [0, 0.05) is 10.0 Å². The van der Waals surface area contributed by atoms with Gasteiger partial charge in [0.1, 0.15) is 0 Å². The minimum Gasteiger partial charge on any atom is -0.391 e. The van der Waals surface area contributed by atoms with Crippen LogP contribution in [0.5, 0.6) is 0 Å². The highest BCUT2D eigenvalue weighted by Crippen LogP contribution is 2.36. The first-order valence-electron chi connectivity index (χ1n) is 5.48. The predicted octanol–water partition coefficient (Wildman–Crippen LogP) is 3.15. The van der Waals surface area contributed by atoms with Gasteiger partial charge in [-0.15, -0.1) is 0 Å². The molecule has 0 heterocycles. The van der Waals surface area contributed by atoms with Crippen molar-refractivity contribution >= 4 is 23.2 Å². The largest absolute Gasteiger partial charge is 0.391 e. The summed E-state index contributed by atoms with van der Waals surface area (Å²) in [6.45, 7) is 0. The fraction of sp³-hybridized carbons (Fsp3) is 0.500. The summed E-state index contributed by atoms with van der Waals surface area (Å²) in [6.07, 6.45) is 2.79. The van der Waals surface area contributed by atoms with Crippen LogP contribution < -0.4 is 5.73 Å². The molecule has 1 saturated carbocycles. The van der Waals surface area contributed by atoms with Crippen LogP contribution in [-0.2, 0) is 0 Å². The third kappa shape index (κ3) is 2.35. The zero-order valence-electron chi connectivity index (χ0n) is 8.87. The fourth-order valence-corrected chi connectivity index (χ4v) is 2.56. The van der Waals surface area contributed by atoms with Crippen LogP contribution in [0, 0.1) is 5.92 Å². The Labute approximate surface area is 105 Å². The van der Waals surface area contributed by atoms with Crippen molar-refractivity contribution in [3.05, 3.63) is 33.8 Å². The number of hydrogen-bond donors (Lipinski definition) is 2. The number of rotatable bonds is 3. The minimum absolute atomic E-state index is 0.321. The van der Waals surface area contributed by atoms with Crippen LogP contribution in [0.3, 0.4) is 0 Å². The molecule has 0 bridgehead atoms. The van der Waals surface area contributed by atoms with Crippen molar-refractivity contribution in [2.24, 2.45) is 11.7 Å². The monoisotopic (exact) mass is 259 g/mol. The van der Waals surface area contributed by atoms with E-state index < -0.39 is 12.1 Å². The second-order valence-electron chi connectivity index (χ2n) is 4.37. The molecule has 1 aliphatic rings. The molecule has 1 aromatic carbocycles. The Balaban J connectivity index is 2.15. The molecule has 0 radical (unpaired) electrons. The molecule has 1 aliphatic carbocycles. The van der Waals surface area contributed by atoms with Crippen molar-refractivity contribution < 1.29 is 5.11 Å². The second kappa shape index (κ2) is 4.92. The van der Waals surface area contributed by atoms with Gasteiger partial charge in [0.05, 0.1) is 12.1 Å². The number of nitrogens with two attached hydrogens (primary N) is 1. The van der Waals surface area contributed by atoms with Crippen molar-refractivity contribution in [3.8, 4) is 0 Å². The molecule has 0 saturated heterocycles. The maximum Gasteiger partial charge on any atom is 0.0761 e. The smallest absolute Gasteiger partial charge is 0.0761 e. The SMILES string of the molecule is N[C@@H](c1ccc(Cl)cc1Cl)[C@H](O)C1CCC1. The average molecular weight is 260 g/mol. The molecule has 1 aromatic rings. The fourth-order valence-electron chi connectivity index (χ4n) is 2.03. The third-order valence-corrected chi connectivity index (χ3v) is 3.88. The van der Waals surface area contributed by atoms with E-state index in [2.05, 4.69) is 0 Å². The third-order valence-electron chi connectivity index (χ3n) is 3.32. The number of aliphatic hydroxyl groups excluding tert-OH is 1. The Hall–Kier alpha value is -0.280. The maximum absolute atomic E-state index is 10.1. The van der Waals surface area contributed by atoms with Gasteiger partial charge in [0.15, 0.2) is 0 Å². The van der Waals surface area contributed by atoms with Gasteiger partial charge >= 0.3 is 0 Å². The molecule has 1 fully saturated rings. The zero-order valence-corrected chi connectivity index (χ0v) is 10.4. The summed E-state index contributed by atoms with van der Waals surface area (Å²) in [6, 6.07) is 4.77. The normalized spacial score (nSPS) is 20.2. The van der Waals surface area contributed by atoms with Gasteiger partial charge in [-0.1, -0.05) is 35.7 Å². The van der Waals surface area contributed by atoms with Crippen LogP contribution in [0.2, 0.25) is 10.0 Å². The van der Waals surface area contributed by atoms with Crippen LogP contribution in [0.15, 0.2) is 18.2 Å². The van der Waals surface area contributed by atoms with Gasteiger partial charge in [-0.25, -0.2) is 0 Å². The van der Waals surface area contributed by atoms with E-state index >= 15 is 0 Å². The van der Waals surface area contributed by atoms with Crippen molar-refractivity contribution in [2.45, 2.75) is 31.4 Å². The van der Waals surface area contributed by atoms with E-state index in [1.807, 2.05) is 0 Å². The van der Waals surface area contributed by atoms with Gasteiger partial charge in [0.2, 0.25) is 0 Å². The lowest BCUT2D eigenvalue weighted by Crippen LogP contribution is -2.36. The van der Waals surface area contributed by atoms with E-state index in [-0.39, 0.29) is 0 Å². The van der Waals surface area contributed by atoms with Crippen molar-refractivity contribution in [1.29, 1.82) is 0 Å². The maximum atomic E-state index is 10.1. The highest BCUT2D eigenvalue weighted by molar-refractivity contribution is 6.35. The molecular formula is C12H15Cl2NO. The van der Waals surface area contributed by atoms with E-state index in [1.165, 1.54) is 6.42 Å². The van der Waals surface area contributed by atoms with Crippen LogP contribution in [-0.4, -0.2) is 11.2 Å². The summed E-state index contributed by atoms with van der Waals surface area (Å²) in [7, 11) is 0. The van der Waals surface area contributed by atoms with E-state index in [9.17, 15) is 5.11 Å². The Morgan fingerprint density at radius 1 is 1.31 bits per heavy atom. The lowest BCUT2D eigenvalue weighted by molar-refractivity contribution is 0.0414. The molecule has 2 rings (SSSR count). The summed E-state index contributed by atoms with van der Waals surface area (Å²) < 4.78 is 0. The Morgan fingerprint density at radius 2 is 2.00 bits per heavy atom. The molecule has 3 N–H and O–H groups in total.